The summed E-state index contributed by atoms with van der Waals surface area (Å²) in [4.78, 5) is 1.81. The van der Waals surface area contributed by atoms with Crippen LogP contribution in [0, 0.1) is 5.41 Å². The SMILES string of the molecule is CCN(C)C1(C(CC)(CC)CC)O[P+](=O)O[P+](=O)O1. The summed E-state index contributed by atoms with van der Waals surface area (Å²) in [6, 6.07) is 0. The molecule has 110 valence electrons. The van der Waals surface area contributed by atoms with E-state index in [9.17, 15) is 9.13 Å². The monoisotopic (exact) mass is 311 g/mol. The van der Waals surface area contributed by atoms with Gasteiger partial charge in [0.1, 0.15) is 0 Å². The predicted octanol–water partition coefficient (Wildman–Crippen LogP) is 4.19. The zero-order valence-electron chi connectivity index (χ0n) is 12.2. The summed E-state index contributed by atoms with van der Waals surface area (Å²) in [5, 5.41) is 0. The van der Waals surface area contributed by atoms with Crippen LogP contribution in [0.25, 0.3) is 0 Å². The Kier molecular flexibility index (Phi) is 5.99. The van der Waals surface area contributed by atoms with Gasteiger partial charge in [0.25, 0.3) is 0 Å². The molecule has 1 aliphatic rings. The summed E-state index contributed by atoms with van der Waals surface area (Å²) in [6.07, 6.45) is 2.28. The summed E-state index contributed by atoms with van der Waals surface area (Å²) in [5.74, 6) is -1.26. The van der Waals surface area contributed by atoms with Gasteiger partial charge in [0, 0.05) is 21.1 Å². The van der Waals surface area contributed by atoms with Gasteiger partial charge in [-0.1, -0.05) is 36.7 Å². The minimum Gasteiger partial charge on any atom is -0.248 e. The van der Waals surface area contributed by atoms with Gasteiger partial charge in [-0.05, 0) is 26.3 Å². The first-order valence-corrected chi connectivity index (χ1v) is 8.82. The van der Waals surface area contributed by atoms with Gasteiger partial charge in [-0.25, -0.2) is 4.90 Å². The first kappa shape index (κ1) is 17.1. The highest BCUT2D eigenvalue weighted by atomic mass is 31.2. The quantitative estimate of drug-likeness (QED) is 0.685. The normalized spacial score (nSPS) is 28.9. The predicted molar refractivity (Wildman–Crippen MR) is 72.8 cm³/mol. The van der Waals surface area contributed by atoms with Gasteiger partial charge >= 0.3 is 22.4 Å². The Morgan fingerprint density at radius 2 is 1.42 bits per heavy atom. The molecule has 19 heavy (non-hydrogen) atoms. The molecule has 2 atom stereocenters. The molecular weight excluding hydrogens is 288 g/mol. The lowest BCUT2D eigenvalue weighted by atomic mass is 9.75. The third-order valence-corrected chi connectivity index (χ3v) is 6.07. The highest BCUT2D eigenvalue weighted by Gasteiger charge is 2.71. The zero-order valence-corrected chi connectivity index (χ0v) is 14.0. The van der Waals surface area contributed by atoms with Crippen molar-refractivity contribution >= 4 is 16.5 Å². The lowest BCUT2D eigenvalue weighted by Gasteiger charge is -2.45. The first-order valence-electron chi connectivity index (χ1n) is 6.63. The molecular formula is C11H23NO5P2+2. The molecule has 0 spiro atoms. The Bertz CT molecular complexity index is 335. The van der Waals surface area contributed by atoms with Crippen LogP contribution in [0.5, 0.6) is 0 Å². The molecule has 0 N–H and O–H groups in total. The molecule has 0 bridgehead atoms. The molecule has 8 heteroatoms. The van der Waals surface area contributed by atoms with Crippen molar-refractivity contribution in [1.82, 2.24) is 4.90 Å². The molecule has 0 aromatic rings. The molecule has 1 fully saturated rings. The fourth-order valence-corrected chi connectivity index (χ4v) is 4.58. The largest absolute Gasteiger partial charge is 0.752 e. The Morgan fingerprint density at radius 1 is 1.00 bits per heavy atom. The molecule has 0 aromatic carbocycles. The number of hydrogen-bond donors (Lipinski definition) is 0. The number of nitrogens with zero attached hydrogens (tertiary/aromatic N) is 1. The van der Waals surface area contributed by atoms with Crippen LogP contribution in [0.15, 0.2) is 0 Å². The summed E-state index contributed by atoms with van der Waals surface area (Å²) in [7, 11) is -3.06. The van der Waals surface area contributed by atoms with Crippen LogP contribution >= 0.6 is 16.5 Å². The second kappa shape index (κ2) is 6.66. The van der Waals surface area contributed by atoms with Gasteiger partial charge in [0.2, 0.25) is 0 Å². The van der Waals surface area contributed by atoms with Crippen molar-refractivity contribution in [3.8, 4) is 0 Å². The average molecular weight is 311 g/mol. The smallest absolute Gasteiger partial charge is 0.248 e. The Balaban J connectivity index is 3.33. The molecule has 1 aliphatic heterocycles. The molecule has 0 aromatic heterocycles. The van der Waals surface area contributed by atoms with Gasteiger partial charge in [-0.15, -0.1) is 0 Å². The fraction of sp³-hybridized carbons (Fsp3) is 1.00. The third-order valence-electron chi connectivity index (χ3n) is 4.21. The highest BCUT2D eigenvalue weighted by Crippen LogP contribution is 2.60. The first-order chi connectivity index (χ1) is 8.91. The van der Waals surface area contributed by atoms with Crippen molar-refractivity contribution in [1.29, 1.82) is 0 Å². The maximum absolute atomic E-state index is 11.7. The van der Waals surface area contributed by atoms with Gasteiger partial charge in [-0.2, -0.15) is 0 Å². The average Bonchev–Trinajstić information content (AvgIpc) is 2.39. The topological polar surface area (TPSA) is 65.1 Å². The summed E-state index contributed by atoms with van der Waals surface area (Å²) >= 11 is 0. The highest BCUT2D eigenvalue weighted by molar-refractivity contribution is 7.48. The van der Waals surface area contributed by atoms with Crippen LogP contribution in [0.1, 0.15) is 47.0 Å². The third kappa shape index (κ3) is 2.90. The van der Waals surface area contributed by atoms with Crippen molar-refractivity contribution in [3.63, 3.8) is 0 Å². The van der Waals surface area contributed by atoms with E-state index in [1.807, 2.05) is 39.6 Å². The van der Waals surface area contributed by atoms with E-state index in [1.165, 1.54) is 0 Å². The second-order valence-corrected chi connectivity index (χ2v) is 6.56. The van der Waals surface area contributed by atoms with Crippen molar-refractivity contribution < 1.29 is 22.5 Å². The number of hydrogen-bond acceptors (Lipinski definition) is 6. The van der Waals surface area contributed by atoms with Crippen LogP contribution < -0.4 is 0 Å². The van der Waals surface area contributed by atoms with Crippen molar-refractivity contribution in [2.75, 3.05) is 13.6 Å². The summed E-state index contributed by atoms with van der Waals surface area (Å²) in [6.45, 7) is 8.64. The molecule has 0 radical (unpaired) electrons. The minimum absolute atomic E-state index is 0.391. The van der Waals surface area contributed by atoms with Gasteiger partial charge in [-0.3, -0.25) is 0 Å². The number of rotatable bonds is 6. The van der Waals surface area contributed by atoms with E-state index in [0.717, 1.165) is 19.3 Å². The molecule has 2 unspecified atom stereocenters. The molecule has 1 rings (SSSR count). The lowest BCUT2D eigenvalue weighted by Crippen LogP contribution is -2.61. The van der Waals surface area contributed by atoms with E-state index >= 15 is 0 Å². The van der Waals surface area contributed by atoms with E-state index in [1.54, 1.807) is 0 Å². The lowest BCUT2D eigenvalue weighted by molar-refractivity contribution is -0.298. The van der Waals surface area contributed by atoms with E-state index in [0.29, 0.717) is 6.54 Å². The molecule has 0 aliphatic carbocycles. The van der Waals surface area contributed by atoms with Gasteiger partial charge in [0.05, 0.1) is 0 Å². The van der Waals surface area contributed by atoms with Crippen LogP contribution in [-0.4, -0.2) is 24.4 Å². The second-order valence-electron chi connectivity index (χ2n) is 4.65. The van der Waals surface area contributed by atoms with Crippen LogP contribution in [0.2, 0.25) is 0 Å². The standard InChI is InChI=1S/C11H23NO5P2/c1-6-10(7-2,8-3)11(12(5)9-4)15-18(13)17-19(14)16-11/h6-9H2,1-5H3/q+2. The van der Waals surface area contributed by atoms with Crippen LogP contribution in [-0.2, 0) is 22.5 Å². The Labute approximate surface area is 116 Å². The molecule has 0 saturated carbocycles. The molecule has 6 nitrogen and oxygen atoms in total. The van der Waals surface area contributed by atoms with Gasteiger partial charge in [0.15, 0.2) is 4.31 Å². The Morgan fingerprint density at radius 3 is 1.74 bits per heavy atom. The van der Waals surface area contributed by atoms with E-state index in [-0.39, 0.29) is 0 Å². The molecule has 1 heterocycles. The zero-order chi connectivity index (χ0) is 14.7. The van der Waals surface area contributed by atoms with Crippen molar-refractivity contribution in [3.05, 3.63) is 0 Å². The van der Waals surface area contributed by atoms with Crippen LogP contribution in [0.3, 0.4) is 0 Å². The molecule has 0 amide bonds. The minimum atomic E-state index is -2.44. The fourth-order valence-electron chi connectivity index (χ4n) is 2.67. The maximum Gasteiger partial charge on any atom is 0.752 e. The van der Waals surface area contributed by atoms with Crippen LogP contribution in [0.4, 0.5) is 0 Å². The Hall–Kier alpha value is 0.0400. The summed E-state index contributed by atoms with van der Waals surface area (Å²) in [5.41, 5.74) is -0.391. The van der Waals surface area contributed by atoms with Crippen molar-refractivity contribution in [2.45, 2.75) is 52.9 Å². The van der Waals surface area contributed by atoms with Gasteiger partial charge < -0.3 is 0 Å². The summed E-state index contributed by atoms with van der Waals surface area (Å²) < 4.78 is 39.1. The maximum atomic E-state index is 11.7. The van der Waals surface area contributed by atoms with E-state index < -0.39 is 27.8 Å². The molecule has 1 saturated heterocycles. The van der Waals surface area contributed by atoms with E-state index in [4.69, 9.17) is 9.05 Å². The van der Waals surface area contributed by atoms with E-state index in [2.05, 4.69) is 4.31 Å². The van der Waals surface area contributed by atoms with Crippen molar-refractivity contribution in [2.24, 2.45) is 5.41 Å².